The number of ketones is 1. The van der Waals surface area contributed by atoms with E-state index in [-0.39, 0.29) is 29.5 Å². The number of Topliss-reactive ketones (excluding diaryl/α,β-unsaturated/α-hetero) is 1. The Morgan fingerprint density at radius 2 is 1.93 bits per heavy atom. The third-order valence-corrected chi connectivity index (χ3v) is 7.29. The highest BCUT2D eigenvalue weighted by Gasteiger charge is 2.52. The standard InChI is InChI=1S/C24H25NO4S/c1-14-5-10-19-18(12-14)22(26)20-21(15-6-8-17(30-2)9-7-15)25(24(27)23(20)29-19)13-16-4-3-11-28-16/h3-4,6-9,11,14,18-19,21H,5,10,12-13H2,1-2H3. The highest BCUT2D eigenvalue weighted by atomic mass is 32.2. The molecule has 3 heterocycles. The number of benzene rings is 1. The van der Waals surface area contributed by atoms with E-state index in [0.717, 1.165) is 29.7 Å². The fourth-order valence-corrected chi connectivity index (χ4v) is 5.40. The van der Waals surface area contributed by atoms with Crippen molar-refractivity contribution in [3.63, 3.8) is 0 Å². The van der Waals surface area contributed by atoms with Gasteiger partial charge < -0.3 is 14.1 Å². The zero-order valence-corrected chi connectivity index (χ0v) is 18.0. The van der Waals surface area contributed by atoms with Crippen LogP contribution in [0, 0.1) is 11.8 Å². The summed E-state index contributed by atoms with van der Waals surface area (Å²) in [7, 11) is 0. The van der Waals surface area contributed by atoms with Crippen LogP contribution in [0.3, 0.4) is 0 Å². The summed E-state index contributed by atoms with van der Waals surface area (Å²) in [4.78, 5) is 29.9. The third-order valence-electron chi connectivity index (χ3n) is 6.54. The van der Waals surface area contributed by atoms with E-state index in [4.69, 9.17) is 9.15 Å². The number of nitrogens with zero attached hydrogens (tertiary/aromatic N) is 1. The quantitative estimate of drug-likeness (QED) is 0.665. The van der Waals surface area contributed by atoms with Crippen molar-refractivity contribution in [2.75, 3.05) is 6.26 Å². The summed E-state index contributed by atoms with van der Waals surface area (Å²) < 4.78 is 11.7. The molecule has 1 aromatic carbocycles. The molecule has 0 spiro atoms. The van der Waals surface area contributed by atoms with E-state index in [1.165, 1.54) is 0 Å². The van der Waals surface area contributed by atoms with E-state index < -0.39 is 6.04 Å². The summed E-state index contributed by atoms with van der Waals surface area (Å²) in [5.74, 6) is 1.15. The normalized spacial score (nSPS) is 28.4. The van der Waals surface area contributed by atoms with Gasteiger partial charge in [0.2, 0.25) is 0 Å². The minimum atomic E-state index is -0.445. The summed E-state index contributed by atoms with van der Waals surface area (Å²) in [6.45, 7) is 2.49. The van der Waals surface area contributed by atoms with Crippen LogP contribution in [0.2, 0.25) is 0 Å². The van der Waals surface area contributed by atoms with Crippen molar-refractivity contribution in [2.24, 2.45) is 11.8 Å². The molecule has 1 fully saturated rings. The maximum absolute atomic E-state index is 13.6. The molecular formula is C24H25NO4S. The van der Waals surface area contributed by atoms with Crippen molar-refractivity contribution in [1.29, 1.82) is 0 Å². The predicted molar refractivity (Wildman–Crippen MR) is 114 cm³/mol. The number of hydrogen-bond acceptors (Lipinski definition) is 5. The lowest BCUT2D eigenvalue weighted by Crippen LogP contribution is -2.41. The third kappa shape index (κ3) is 3.18. The minimum Gasteiger partial charge on any atom is -0.483 e. The lowest BCUT2D eigenvalue weighted by Gasteiger charge is -2.37. The minimum absolute atomic E-state index is 0.0852. The number of thioether (sulfide) groups is 1. The summed E-state index contributed by atoms with van der Waals surface area (Å²) in [5.41, 5.74) is 1.45. The van der Waals surface area contributed by atoms with E-state index in [1.54, 1.807) is 22.9 Å². The van der Waals surface area contributed by atoms with Crippen LogP contribution >= 0.6 is 11.8 Å². The number of fused-ring (bicyclic) bond motifs is 1. The van der Waals surface area contributed by atoms with Crippen LogP contribution in [-0.2, 0) is 20.9 Å². The van der Waals surface area contributed by atoms with Crippen LogP contribution < -0.4 is 0 Å². The molecule has 1 saturated carbocycles. The predicted octanol–water partition coefficient (Wildman–Crippen LogP) is 4.74. The second-order valence-electron chi connectivity index (χ2n) is 8.48. The zero-order valence-electron chi connectivity index (χ0n) is 17.2. The zero-order chi connectivity index (χ0) is 20.8. The maximum atomic E-state index is 13.6. The first-order valence-electron chi connectivity index (χ1n) is 10.5. The molecule has 6 heteroatoms. The molecule has 0 saturated heterocycles. The molecule has 1 aromatic heterocycles. The van der Waals surface area contributed by atoms with Gasteiger partial charge in [0.25, 0.3) is 5.91 Å². The molecule has 3 aliphatic rings. The summed E-state index contributed by atoms with van der Waals surface area (Å²) >= 11 is 1.66. The highest BCUT2D eigenvalue weighted by molar-refractivity contribution is 7.98. The molecule has 2 aromatic rings. The SMILES string of the molecule is CSc1ccc(C2C3=C(OC4CCC(C)CC4C3=O)C(=O)N2Cc2ccco2)cc1. The molecule has 4 unspecified atom stereocenters. The molecule has 5 rings (SSSR count). The van der Waals surface area contributed by atoms with Crippen molar-refractivity contribution in [3.05, 3.63) is 65.3 Å². The van der Waals surface area contributed by atoms with Gasteiger partial charge in [0.15, 0.2) is 11.5 Å². The fraction of sp³-hybridized carbons (Fsp3) is 0.417. The Morgan fingerprint density at radius 3 is 2.63 bits per heavy atom. The van der Waals surface area contributed by atoms with E-state index >= 15 is 0 Å². The average molecular weight is 424 g/mol. The number of rotatable bonds is 4. The molecule has 2 aliphatic heterocycles. The molecule has 30 heavy (non-hydrogen) atoms. The first kappa shape index (κ1) is 19.5. The Labute approximate surface area is 180 Å². The molecule has 4 atom stereocenters. The topological polar surface area (TPSA) is 59.8 Å². The smallest absolute Gasteiger partial charge is 0.290 e. The van der Waals surface area contributed by atoms with Gasteiger partial charge in [0, 0.05) is 4.90 Å². The highest BCUT2D eigenvalue weighted by Crippen LogP contribution is 2.48. The number of hydrogen-bond donors (Lipinski definition) is 0. The van der Waals surface area contributed by atoms with E-state index in [1.807, 2.05) is 42.7 Å². The van der Waals surface area contributed by atoms with Gasteiger partial charge in [-0.3, -0.25) is 9.59 Å². The van der Waals surface area contributed by atoms with Crippen molar-refractivity contribution in [3.8, 4) is 0 Å². The summed E-state index contributed by atoms with van der Waals surface area (Å²) in [6, 6.07) is 11.3. The van der Waals surface area contributed by atoms with Gasteiger partial charge in [-0.2, -0.15) is 0 Å². The Kier molecular flexibility index (Phi) is 4.97. The molecule has 0 N–H and O–H groups in total. The average Bonchev–Trinajstić information content (AvgIpc) is 3.37. The van der Waals surface area contributed by atoms with E-state index in [2.05, 4.69) is 6.92 Å². The number of ether oxygens (including phenoxy) is 1. The Hall–Kier alpha value is -2.47. The van der Waals surface area contributed by atoms with Crippen LogP contribution in [-0.4, -0.2) is 29.0 Å². The lowest BCUT2D eigenvalue weighted by atomic mass is 9.74. The van der Waals surface area contributed by atoms with Crippen LogP contribution in [0.15, 0.2) is 63.3 Å². The summed E-state index contributed by atoms with van der Waals surface area (Å²) in [6.07, 6.45) is 6.13. The van der Waals surface area contributed by atoms with Gasteiger partial charge in [-0.15, -0.1) is 11.8 Å². The second-order valence-corrected chi connectivity index (χ2v) is 9.36. The van der Waals surface area contributed by atoms with Gasteiger partial charge in [0.05, 0.1) is 30.3 Å². The van der Waals surface area contributed by atoms with Crippen LogP contribution in [0.4, 0.5) is 0 Å². The molecule has 1 amide bonds. The maximum Gasteiger partial charge on any atom is 0.290 e. The molecule has 0 radical (unpaired) electrons. The lowest BCUT2D eigenvalue weighted by molar-refractivity contribution is -0.136. The molecule has 5 nitrogen and oxygen atoms in total. The van der Waals surface area contributed by atoms with Gasteiger partial charge in [-0.25, -0.2) is 0 Å². The number of carbonyl (C=O) groups is 2. The first-order chi connectivity index (χ1) is 14.6. The van der Waals surface area contributed by atoms with Crippen LogP contribution in [0.25, 0.3) is 0 Å². The Morgan fingerprint density at radius 1 is 1.13 bits per heavy atom. The van der Waals surface area contributed by atoms with E-state index in [0.29, 0.717) is 23.8 Å². The Bertz CT molecular complexity index is 995. The number of furan rings is 1. The van der Waals surface area contributed by atoms with Crippen LogP contribution in [0.5, 0.6) is 0 Å². The van der Waals surface area contributed by atoms with Crippen LogP contribution in [0.1, 0.15) is 43.6 Å². The number of amides is 1. The molecule has 156 valence electrons. The van der Waals surface area contributed by atoms with Crippen molar-refractivity contribution >= 4 is 23.5 Å². The monoisotopic (exact) mass is 423 g/mol. The summed E-state index contributed by atoms with van der Waals surface area (Å²) in [5, 5.41) is 0. The van der Waals surface area contributed by atoms with E-state index in [9.17, 15) is 9.59 Å². The second kappa shape index (κ2) is 7.65. The first-order valence-corrected chi connectivity index (χ1v) is 11.7. The molecule has 1 aliphatic carbocycles. The van der Waals surface area contributed by atoms with Gasteiger partial charge in [-0.05, 0) is 61.3 Å². The van der Waals surface area contributed by atoms with Gasteiger partial charge in [-0.1, -0.05) is 19.1 Å². The van der Waals surface area contributed by atoms with Gasteiger partial charge >= 0.3 is 0 Å². The van der Waals surface area contributed by atoms with Crippen molar-refractivity contribution in [1.82, 2.24) is 4.90 Å². The fourth-order valence-electron chi connectivity index (χ4n) is 4.99. The number of carbonyl (C=O) groups excluding carboxylic acids is 2. The molecule has 0 bridgehead atoms. The van der Waals surface area contributed by atoms with Crippen molar-refractivity contribution in [2.45, 2.75) is 49.8 Å². The largest absolute Gasteiger partial charge is 0.483 e. The van der Waals surface area contributed by atoms with Gasteiger partial charge in [0.1, 0.15) is 11.9 Å². The molecular weight excluding hydrogens is 398 g/mol. The Balaban J connectivity index is 1.57. The van der Waals surface area contributed by atoms with Crippen molar-refractivity contribution < 1.29 is 18.7 Å².